The number of amides is 1. The summed E-state index contributed by atoms with van der Waals surface area (Å²) in [6, 6.07) is 8.17. The highest BCUT2D eigenvalue weighted by Crippen LogP contribution is 2.27. The van der Waals surface area contributed by atoms with E-state index in [-0.39, 0.29) is 31.1 Å². The van der Waals surface area contributed by atoms with Gasteiger partial charge < -0.3 is 21.1 Å². The molecule has 0 fully saturated rings. The zero-order chi connectivity index (χ0) is 20.7. The smallest absolute Gasteiger partial charge is 0.271 e. The first kappa shape index (κ1) is 20.6. The number of non-ortho nitro benzene ring substituents is 2. The summed E-state index contributed by atoms with van der Waals surface area (Å²) in [5, 5.41) is 39.0. The third-order valence-electron chi connectivity index (χ3n) is 3.79. The molecular weight excluding hydrogens is 370 g/mol. The number of rotatable bonds is 9. The van der Waals surface area contributed by atoms with Gasteiger partial charge in [-0.1, -0.05) is 6.07 Å². The highest BCUT2D eigenvalue weighted by molar-refractivity contribution is 5.95. The average Bonchev–Trinajstić information content (AvgIpc) is 2.66. The van der Waals surface area contributed by atoms with Crippen LogP contribution in [0.5, 0.6) is 0 Å². The number of hydrogen-bond acceptors (Lipinski definition) is 8. The first-order valence-electron chi connectivity index (χ1n) is 8.23. The second kappa shape index (κ2) is 9.28. The van der Waals surface area contributed by atoms with Crippen molar-refractivity contribution in [2.75, 3.05) is 35.6 Å². The largest absolute Gasteiger partial charge is 0.395 e. The third kappa shape index (κ3) is 5.38. The van der Waals surface area contributed by atoms with Gasteiger partial charge in [0.25, 0.3) is 11.4 Å². The van der Waals surface area contributed by atoms with Crippen LogP contribution in [0.4, 0.5) is 28.4 Å². The number of nitro benzene ring substituents is 2. The molecule has 0 aliphatic carbocycles. The Hall–Kier alpha value is -3.73. The number of carbonyl (C=O) groups excluding carboxylic acids is 1. The second-order valence-electron chi connectivity index (χ2n) is 5.80. The molecule has 0 saturated heterocycles. The van der Waals surface area contributed by atoms with Crippen LogP contribution in [-0.4, -0.2) is 40.6 Å². The normalized spacial score (nSPS) is 10.2. The molecule has 1 amide bonds. The maximum atomic E-state index is 12.2. The van der Waals surface area contributed by atoms with Gasteiger partial charge in [-0.05, 0) is 18.6 Å². The maximum Gasteiger partial charge on any atom is 0.271 e. The van der Waals surface area contributed by atoms with Crippen LogP contribution >= 0.6 is 0 Å². The van der Waals surface area contributed by atoms with Crippen molar-refractivity contribution in [3.8, 4) is 0 Å². The summed E-state index contributed by atoms with van der Waals surface area (Å²) in [5.41, 5.74) is 1.45. The van der Waals surface area contributed by atoms with Crippen LogP contribution in [0.15, 0.2) is 36.4 Å². The van der Waals surface area contributed by atoms with E-state index in [0.717, 1.165) is 0 Å². The number of carbonyl (C=O) groups is 1. The molecule has 0 heterocycles. The van der Waals surface area contributed by atoms with E-state index >= 15 is 0 Å². The van der Waals surface area contributed by atoms with E-state index in [9.17, 15) is 25.0 Å². The van der Waals surface area contributed by atoms with Crippen LogP contribution in [0.25, 0.3) is 0 Å². The number of anilines is 3. The molecule has 0 aliphatic rings. The number of benzene rings is 2. The van der Waals surface area contributed by atoms with Crippen LogP contribution < -0.4 is 16.0 Å². The number of nitro groups is 2. The summed E-state index contributed by atoms with van der Waals surface area (Å²) in [7, 11) is 0. The quantitative estimate of drug-likeness (QED) is 0.375. The summed E-state index contributed by atoms with van der Waals surface area (Å²) < 4.78 is 0. The second-order valence-corrected chi connectivity index (χ2v) is 5.80. The minimum Gasteiger partial charge on any atom is -0.395 e. The van der Waals surface area contributed by atoms with Gasteiger partial charge >= 0.3 is 0 Å². The van der Waals surface area contributed by atoms with Crippen LogP contribution in [0, 0.1) is 27.2 Å². The predicted molar refractivity (Wildman–Crippen MR) is 104 cm³/mol. The Morgan fingerprint density at radius 2 is 1.57 bits per heavy atom. The highest BCUT2D eigenvalue weighted by Gasteiger charge is 2.14. The number of aliphatic hydroxyl groups is 1. The van der Waals surface area contributed by atoms with Gasteiger partial charge in [-0.2, -0.15) is 0 Å². The molecule has 0 aromatic heterocycles. The summed E-state index contributed by atoms with van der Waals surface area (Å²) >= 11 is 0. The summed E-state index contributed by atoms with van der Waals surface area (Å²) in [6.45, 7) is 1.57. The molecule has 28 heavy (non-hydrogen) atoms. The Morgan fingerprint density at radius 1 is 0.964 bits per heavy atom. The maximum absolute atomic E-state index is 12.2. The SMILES string of the molecule is Cc1ccc([N+](=O)[O-])cc1NC(=O)CNc1cc([N+](=O)[O-])ccc1NCCO. The molecule has 0 spiro atoms. The van der Waals surface area contributed by atoms with Gasteiger partial charge in [-0.15, -0.1) is 0 Å². The van der Waals surface area contributed by atoms with Gasteiger partial charge in [-0.25, -0.2) is 0 Å². The lowest BCUT2D eigenvalue weighted by Gasteiger charge is -2.14. The van der Waals surface area contributed by atoms with Crippen molar-refractivity contribution in [2.45, 2.75) is 6.92 Å². The number of hydrogen-bond donors (Lipinski definition) is 4. The van der Waals surface area contributed by atoms with Crippen LogP contribution in [0.2, 0.25) is 0 Å². The van der Waals surface area contributed by atoms with E-state index in [2.05, 4.69) is 16.0 Å². The Labute approximate surface area is 159 Å². The molecule has 0 saturated carbocycles. The van der Waals surface area contributed by atoms with Gasteiger partial charge in [-0.3, -0.25) is 25.0 Å². The minimum absolute atomic E-state index is 0.136. The zero-order valence-corrected chi connectivity index (χ0v) is 15.0. The molecule has 11 nitrogen and oxygen atoms in total. The van der Waals surface area contributed by atoms with Crippen molar-refractivity contribution >= 4 is 34.3 Å². The molecule has 0 aliphatic heterocycles. The summed E-state index contributed by atoms with van der Waals surface area (Å²) in [6.07, 6.45) is 0. The molecule has 2 aromatic rings. The number of aliphatic hydroxyl groups excluding tert-OH is 1. The summed E-state index contributed by atoms with van der Waals surface area (Å²) in [4.78, 5) is 32.9. The lowest BCUT2D eigenvalue weighted by Crippen LogP contribution is -2.23. The van der Waals surface area contributed by atoms with E-state index in [1.807, 2.05) is 0 Å². The average molecular weight is 389 g/mol. The van der Waals surface area contributed by atoms with Gasteiger partial charge in [0.05, 0.1) is 40.1 Å². The molecule has 11 heteroatoms. The van der Waals surface area contributed by atoms with Crippen molar-refractivity contribution in [3.63, 3.8) is 0 Å². The van der Waals surface area contributed by atoms with E-state index in [1.54, 1.807) is 6.92 Å². The van der Waals surface area contributed by atoms with E-state index in [4.69, 9.17) is 5.11 Å². The van der Waals surface area contributed by atoms with Crippen molar-refractivity contribution in [2.24, 2.45) is 0 Å². The molecule has 148 valence electrons. The molecule has 4 N–H and O–H groups in total. The number of nitrogens with zero attached hydrogens (tertiary/aromatic N) is 2. The Morgan fingerprint density at radius 3 is 2.18 bits per heavy atom. The fourth-order valence-corrected chi connectivity index (χ4v) is 2.36. The van der Waals surface area contributed by atoms with E-state index in [0.29, 0.717) is 22.6 Å². The first-order chi connectivity index (χ1) is 13.3. The topological polar surface area (TPSA) is 160 Å². The van der Waals surface area contributed by atoms with Gasteiger partial charge in [0, 0.05) is 30.8 Å². The molecule has 2 aromatic carbocycles. The predicted octanol–water partition coefficient (Wildman–Crippen LogP) is 2.27. The minimum atomic E-state index is -0.562. The molecular formula is C17H19N5O6. The van der Waals surface area contributed by atoms with Crippen molar-refractivity contribution in [3.05, 3.63) is 62.2 Å². The molecule has 0 atom stereocenters. The Bertz CT molecular complexity index is 902. The first-order valence-corrected chi connectivity index (χ1v) is 8.23. The monoisotopic (exact) mass is 389 g/mol. The number of nitrogens with one attached hydrogen (secondary N) is 3. The number of aryl methyl sites for hydroxylation is 1. The fourth-order valence-electron chi connectivity index (χ4n) is 2.36. The Balaban J connectivity index is 2.11. The molecule has 0 radical (unpaired) electrons. The standard InChI is InChI=1S/C17H19N5O6/c1-11-2-3-12(21(25)26)8-15(11)20-17(24)10-19-16-9-13(22(27)28)4-5-14(16)18-6-7-23/h2-5,8-9,18-19,23H,6-7,10H2,1H3,(H,20,24). The van der Waals surface area contributed by atoms with Gasteiger partial charge in [0.1, 0.15) is 0 Å². The molecule has 0 unspecified atom stereocenters. The van der Waals surface area contributed by atoms with Crippen molar-refractivity contribution in [1.29, 1.82) is 0 Å². The Kier molecular flexibility index (Phi) is 6.82. The lowest BCUT2D eigenvalue weighted by molar-refractivity contribution is -0.385. The van der Waals surface area contributed by atoms with E-state index in [1.165, 1.54) is 36.4 Å². The van der Waals surface area contributed by atoms with Gasteiger partial charge in [0.2, 0.25) is 5.91 Å². The van der Waals surface area contributed by atoms with Crippen molar-refractivity contribution < 1.29 is 19.7 Å². The van der Waals surface area contributed by atoms with Crippen molar-refractivity contribution in [1.82, 2.24) is 0 Å². The molecule has 0 bridgehead atoms. The van der Waals surface area contributed by atoms with Crippen LogP contribution in [0.1, 0.15) is 5.56 Å². The third-order valence-corrected chi connectivity index (χ3v) is 3.79. The lowest BCUT2D eigenvalue weighted by atomic mass is 10.2. The zero-order valence-electron chi connectivity index (χ0n) is 15.0. The van der Waals surface area contributed by atoms with Crippen LogP contribution in [-0.2, 0) is 4.79 Å². The van der Waals surface area contributed by atoms with Crippen LogP contribution in [0.3, 0.4) is 0 Å². The molecule has 2 rings (SSSR count). The van der Waals surface area contributed by atoms with E-state index < -0.39 is 15.8 Å². The highest BCUT2D eigenvalue weighted by atomic mass is 16.6. The fraction of sp³-hybridized carbons (Fsp3) is 0.235. The van der Waals surface area contributed by atoms with Gasteiger partial charge in [0.15, 0.2) is 0 Å². The summed E-state index contributed by atoms with van der Waals surface area (Å²) in [5.74, 6) is -0.483.